The Balaban J connectivity index is 1.94. The van der Waals surface area contributed by atoms with Crippen LogP contribution >= 0.6 is 0 Å². The molecular weight excluding hydrogens is 276 g/mol. The van der Waals surface area contributed by atoms with E-state index in [4.69, 9.17) is 4.74 Å². The Morgan fingerprint density at radius 2 is 1.41 bits per heavy atom. The highest BCUT2D eigenvalue weighted by molar-refractivity contribution is 5.91. The Bertz CT molecular complexity index is 695. The van der Waals surface area contributed by atoms with Crippen LogP contribution in [-0.2, 0) is 9.59 Å². The molecule has 0 saturated carbocycles. The predicted molar refractivity (Wildman–Crippen MR) is 87.3 cm³/mol. The molecule has 2 aromatic carbocycles. The van der Waals surface area contributed by atoms with Crippen LogP contribution in [0.1, 0.15) is 18.1 Å². The van der Waals surface area contributed by atoms with Crippen molar-refractivity contribution >= 4 is 23.9 Å². The van der Waals surface area contributed by atoms with Crippen molar-refractivity contribution < 1.29 is 14.3 Å². The molecule has 3 nitrogen and oxygen atoms in total. The van der Waals surface area contributed by atoms with Gasteiger partial charge in [-0.15, -0.1) is 0 Å². The topological polar surface area (TPSA) is 43.4 Å². The minimum atomic E-state index is -0.434. The van der Waals surface area contributed by atoms with Crippen LogP contribution in [-0.4, -0.2) is 11.8 Å². The third kappa shape index (κ3) is 5.21. The zero-order valence-corrected chi connectivity index (χ0v) is 12.2. The maximum Gasteiger partial charge on any atom is 0.336 e. The number of ether oxygens (including phenoxy) is 1. The van der Waals surface area contributed by atoms with Gasteiger partial charge < -0.3 is 4.74 Å². The molecule has 110 valence electrons. The summed E-state index contributed by atoms with van der Waals surface area (Å²) in [6, 6.07) is 16.5. The Morgan fingerprint density at radius 1 is 0.818 bits per heavy atom. The van der Waals surface area contributed by atoms with Gasteiger partial charge in [0.15, 0.2) is 5.78 Å². The molecule has 0 saturated heterocycles. The molecule has 0 N–H and O–H groups in total. The number of ketones is 1. The van der Waals surface area contributed by atoms with Gasteiger partial charge >= 0.3 is 5.97 Å². The molecular formula is C19H16O3. The van der Waals surface area contributed by atoms with Gasteiger partial charge in [0.2, 0.25) is 0 Å². The summed E-state index contributed by atoms with van der Waals surface area (Å²) < 4.78 is 5.20. The quantitative estimate of drug-likeness (QED) is 0.477. The van der Waals surface area contributed by atoms with Gasteiger partial charge in [0.1, 0.15) is 5.75 Å². The second-order valence-electron chi connectivity index (χ2n) is 4.68. The van der Waals surface area contributed by atoms with E-state index in [9.17, 15) is 9.59 Å². The first-order valence-electron chi connectivity index (χ1n) is 6.87. The van der Waals surface area contributed by atoms with Gasteiger partial charge in [-0.25, -0.2) is 4.79 Å². The van der Waals surface area contributed by atoms with Crippen molar-refractivity contribution in [2.24, 2.45) is 0 Å². The smallest absolute Gasteiger partial charge is 0.336 e. The normalized spacial score (nSPS) is 11.0. The van der Waals surface area contributed by atoms with Gasteiger partial charge in [-0.1, -0.05) is 48.5 Å². The summed E-state index contributed by atoms with van der Waals surface area (Å²) in [5, 5.41) is 0. The van der Waals surface area contributed by atoms with E-state index in [0.29, 0.717) is 5.75 Å². The molecule has 0 radical (unpaired) electrons. The van der Waals surface area contributed by atoms with E-state index in [0.717, 1.165) is 11.1 Å². The monoisotopic (exact) mass is 292 g/mol. The lowest BCUT2D eigenvalue weighted by Gasteiger charge is -2.01. The highest BCUT2D eigenvalue weighted by atomic mass is 16.5. The molecule has 2 rings (SSSR count). The number of carbonyl (C=O) groups is 2. The molecule has 0 bridgehead atoms. The fourth-order valence-electron chi connectivity index (χ4n) is 1.74. The van der Waals surface area contributed by atoms with E-state index in [1.165, 1.54) is 19.1 Å². The molecule has 2 aromatic rings. The molecule has 0 atom stereocenters. The molecule has 0 amide bonds. The number of carbonyl (C=O) groups excluding carboxylic acids is 2. The minimum absolute atomic E-state index is 0.0125. The predicted octanol–water partition coefficient (Wildman–Crippen LogP) is 3.91. The fraction of sp³-hybridized carbons (Fsp3) is 0.0526. The molecule has 0 fully saturated rings. The molecule has 0 aliphatic rings. The molecule has 0 spiro atoms. The zero-order chi connectivity index (χ0) is 15.8. The van der Waals surface area contributed by atoms with Crippen LogP contribution in [0.25, 0.3) is 12.2 Å². The van der Waals surface area contributed by atoms with Crippen molar-refractivity contribution in [3.05, 3.63) is 77.9 Å². The Labute approximate surface area is 129 Å². The minimum Gasteiger partial charge on any atom is -0.423 e. The molecule has 3 heteroatoms. The number of allylic oxidation sites excluding steroid dienone is 1. The second kappa shape index (κ2) is 7.74. The van der Waals surface area contributed by atoms with Crippen LogP contribution in [0.15, 0.2) is 66.7 Å². The lowest BCUT2D eigenvalue weighted by atomic mass is 10.2. The number of hydrogen-bond donors (Lipinski definition) is 0. The van der Waals surface area contributed by atoms with Crippen LogP contribution in [0.2, 0.25) is 0 Å². The summed E-state index contributed by atoms with van der Waals surface area (Å²) >= 11 is 0. The fourth-order valence-corrected chi connectivity index (χ4v) is 1.74. The van der Waals surface area contributed by atoms with E-state index in [-0.39, 0.29) is 5.78 Å². The second-order valence-corrected chi connectivity index (χ2v) is 4.68. The molecule has 0 aromatic heterocycles. The van der Waals surface area contributed by atoms with Gasteiger partial charge in [0.25, 0.3) is 0 Å². The number of hydrogen-bond acceptors (Lipinski definition) is 3. The average molecular weight is 292 g/mol. The van der Waals surface area contributed by atoms with Gasteiger partial charge in [0, 0.05) is 6.08 Å². The van der Waals surface area contributed by atoms with Crippen molar-refractivity contribution in [2.45, 2.75) is 6.92 Å². The summed E-state index contributed by atoms with van der Waals surface area (Å²) in [5.74, 6) is 0.0140. The lowest BCUT2D eigenvalue weighted by molar-refractivity contribution is -0.128. The van der Waals surface area contributed by atoms with Crippen molar-refractivity contribution in [3.63, 3.8) is 0 Å². The summed E-state index contributed by atoms with van der Waals surface area (Å²) in [4.78, 5) is 22.6. The lowest BCUT2D eigenvalue weighted by Crippen LogP contribution is -2.03. The van der Waals surface area contributed by atoms with Crippen LogP contribution in [0, 0.1) is 0 Å². The van der Waals surface area contributed by atoms with Crippen molar-refractivity contribution in [1.82, 2.24) is 0 Å². The summed E-state index contributed by atoms with van der Waals surface area (Å²) in [5.41, 5.74) is 1.80. The van der Waals surface area contributed by atoms with Crippen molar-refractivity contribution in [1.29, 1.82) is 0 Å². The summed E-state index contributed by atoms with van der Waals surface area (Å²) in [6.07, 6.45) is 6.29. The first-order chi connectivity index (χ1) is 10.6. The van der Waals surface area contributed by atoms with Crippen LogP contribution in [0.5, 0.6) is 5.75 Å². The van der Waals surface area contributed by atoms with Gasteiger partial charge in [-0.3, -0.25) is 4.79 Å². The number of benzene rings is 2. The molecule has 0 heterocycles. The summed E-state index contributed by atoms with van der Waals surface area (Å²) in [6.45, 7) is 1.49. The van der Waals surface area contributed by atoms with Crippen LogP contribution in [0.3, 0.4) is 0 Å². The highest BCUT2D eigenvalue weighted by Gasteiger charge is 2.00. The third-order valence-electron chi connectivity index (χ3n) is 2.82. The zero-order valence-electron chi connectivity index (χ0n) is 12.2. The van der Waals surface area contributed by atoms with E-state index in [2.05, 4.69) is 0 Å². The highest BCUT2D eigenvalue weighted by Crippen LogP contribution is 2.14. The Hall–Kier alpha value is -2.94. The van der Waals surface area contributed by atoms with Gasteiger partial charge in [-0.2, -0.15) is 0 Å². The summed E-state index contributed by atoms with van der Waals surface area (Å²) in [7, 11) is 0. The van der Waals surface area contributed by atoms with E-state index >= 15 is 0 Å². The Kier molecular flexibility index (Phi) is 5.44. The first-order valence-corrected chi connectivity index (χ1v) is 6.87. The molecule has 0 aliphatic carbocycles. The average Bonchev–Trinajstić information content (AvgIpc) is 2.53. The SMILES string of the molecule is CC(=O)/C=C/c1ccc(OC(=O)/C=C\c2ccccc2)cc1. The Morgan fingerprint density at radius 3 is 2.05 bits per heavy atom. The van der Waals surface area contributed by atoms with E-state index in [1.54, 1.807) is 36.4 Å². The third-order valence-corrected chi connectivity index (χ3v) is 2.82. The maximum absolute atomic E-state index is 11.7. The van der Waals surface area contributed by atoms with E-state index < -0.39 is 5.97 Å². The first kappa shape index (κ1) is 15.4. The van der Waals surface area contributed by atoms with Gasteiger partial charge in [0.05, 0.1) is 0 Å². The van der Waals surface area contributed by atoms with E-state index in [1.807, 2.05) is 30.3 Å². The van der Waals surface area contributed by atoms with Crippen molar-refractivity contribution in [3.8, 4) is 5.75 Å². The van der Waals surface area contributed by atoms with Crippen LogP contribution in [0.4, 0.5) is 0 Å². The van der Waals surface area contributed by atoms with Gasteiger partial charge in [-0.05, 0) is 42.3 Å². The number of esters is 1. The molecule has 0 aliphatic heterocycles. The molecule has 0 unspecified atom stereocenters. The van der Waals surface area contributed by atoms with Crippen LogP contribution < -0.4 is 4.74 Å². The van der Waals surface area contributed by atoms with Crippen molar-refractivity contribution in [2.75, 3.05) is 0 Å². The molecule has 22 heavy (non-hydrogen) atoms. The largest absolute Gasteiger partial charge is 0.423 e. The standard InChI is InChI=1S/C19H16O3/c1-15(20)7-8-17-9-12-18(13-10-17)22-19(21)14-11-16-5-3-2-4-6-16/h2-14H,1H3/b8-7+,14-11-. The number of rotatable bonds is 5. The maximum atomic E-state index is 11.7.